The number of amides is 1. The van der Waals surface area contributed by atoms with Crippen molar-refractivity contribution in [2.75, 3.05) is 20.6 Å². The lowest BCUT2D eigenvalue weighted by atomic mass is 10.1. The van der Waals surface area contributed by atoms with Crippen LogP contribution in [0.3, 0.4) is 0 Å². The number of aryl methyl sites for hydroxylation is 2. The van der Waals surface area contributed by atoms with Crippen molar-refractivity contribution in [1.82, 2.24) is 24.7 Å². The van der Waals surface area contributed by atoms with Crippen LogP contribution in [0, 0.1) is 6.92 Å². The summed E-state index contributed by atoms with van der Waals surface area (Å²) in [4.78, 5) is 13.6. The van der Waals surface area contributed by atoms with E-state index in [0.29, 0.717) is 18.7 Å². The van der Waals surface area contributed by atoms with Crippen LogP contribution in [0.15, 0.2) is 11.1 Å². The van der Waals surface area contributed by atoms with Gasteiger partial charge >= 0.3 is 0 Å². The molecule has 2 heterocycles. The second kappa shape index (κ2) is 6.98. The molecule has 8 nitrogen and oxygen atoms in total. The molecule has 1 saturated heterocycles. The molecule has 2 rings (SSSR count). The zero-order valence-corrected chi connectivity index (χ0v) is 14.9. The van der Waals surface area contributed by atoms with Crippen LogP contribution in [0.1, 0.15) is 25.0 Å². The molecule has 1 aromatic heterocycles. The predicted octanol–water partition coefficient (Wildman–Crippen LogP) is -0.394. The molecule has 2 atom stereocenters. The van der Waals surface area contributed by atoms with E-state index in [0.717, 1.165) is 12.8 Å². The Balaban J connectivity index is 1.96. The molecule has 23 heavy (non-hydrogen) atoms. The number of nitrogens with zero attached hydrogens (tertiary/aromatic N) is 3. The highest BCUT2D eigenvalue weighted by molar-refractivity contribution is 7.89. The number of hydrogen-bond acceptors (Lipinski definition) is 5. The highest BCUT2D eigenvalue weighted by atomic mass is 32.2. The summed E-state index contributed by atoms with van der Waals surface area (Å²) in [5, 5.41) is 6.86. The Hall–Kier alpha value is -1.45. The molecule has 0 radical (unpaired) electrons. The normalized spacial score (nSPS) is 22.4. The van der Waals surface area contributed by atoms with Gasteiger partial charge in [0.2, 0.25) is 5.91 Å². The van der Waals surface area contributed by atoms with Gasteiger partial charge in [-0.1, -0.05) is 0 Å². The van der Waals surface area contributed by atoms with E-state index in [1.54, 1.807) is 27.1 Å². The summed E-state index contributed by atoms with van der Waals surface area (Å²) in [6, 6.07) is 1.80. The Morgan fingerprint density at radius 3 is 2.57 bits per heavy atom. The summed E-state index contributed by atoms with van der Waals surface area (Å²) >= 11 is 0. The van der Waals surface area contributed by atoms with E-state index >= 15 is 0 Å². The number of carbonyl (C=O) groups is 1. The Morgan fingerprint density at radius 2 is 2.00 bits per heavy atom. The number of sulfonamides is 1. The molecular formula is C14H25N5O3S. The van der Waals surface area contributed by atoms with Crippen molar-refractivity contribution in [2.24, 2.45) is 7.05 Å². The lowest BCUT2D eigenvalue weighted by Crippen LogP contribution is -2.42. The van der Waals surface area contributed by atoms with Gasteiger partial charge in [-0.3, -0.25) is 14.4 Å². The average molecular weight is 343 g/mol. The van der Waals surface area contributed by atoms with Gasteiger partial charge in [-0.25, -0.2) is 13.1 Å². The highest BCUT2D eigenvalue weighted by Gasteiger charge is 2.32. The van der Waals surface area contributed by atoms with Crippen LogP contribution in [-0.2, 0) is 21.9 Å². The number of hydrogen-bond donors (Lipinski definition) is 2. The molecule has 0 bridgehead atoms. The molecule has 0 aliphatic carbocycles. The zero-order chi connectivity index (χ0) is 17.2. The molecule has 0 unspecified atom stereocenters. The molecule has 1 amide bonds. The Bertz CT molecular complexity index is 670. The maximum absolute atomic E-state index is 12.4. The summed E-state index contributed by atoms with van der Waals surface area (Å²) in [6.07, 6.45) is 2.20. The average Bonchev–Trinajstić information content (AvgIpc) is 3.00. The predicted molar refractivity (Wildman–Crippen MR) is 86.4 cm³/mol. The van der Waals surface area contributed by atoms with Crippen molar-refractivity contribution >= 4 is 15.9 Å². The monoisotopic (exact) mass is 343 g/mol. The molecule has 0 aromatic carbocycles. The van der Waals surface area contributed by atoms with Gasteiger partial charge in [-0.05, 0) is 32.9 Å². The first kappa shape index (κ1) is 17.9. The second-order valence-electron chi connectivity index (χ2n) is 6.03. The molecule has 1 aromatic rings. The van der Waals surface area contributed by atoms with E-state index in [-0.39, 0.29) is 23.0 Å². The van der Waals surface area contributed by atoms with Crippen molar-refractivity contribution in [3.05, 3.63) is 11.8 Å². The van der Waals surface area contributed by atoms with Gasteiger partial charge in [-0.15, -0.1) is 0 Å². The number of carbonyl (C=O) groups excluding carboxylic acids is 1. The molecule has 9 heteroatoms. The Morgan fingerprint density at radius 1 is 1.35 bits per heavy atom. The van der Waals surface area contributed by atoms with Gasteiger partial charge in [0.25, 0.3) is 10.0 Å². The molecular weight excluding hydrogens is 318 g/mol. The van der Waals surface area contributed by atoms with E-state index < -0.39 is 10.0 Å². The number of rotatable bonds is 6. The summed E-state index contributed by atoms with van der Waals surface area (Å²) in [5.41, 5.74) is 0.663. The van der Waals surface area contributed by atoms with Gasteiger partial charge in [0.05, 0.1) is 5.69 Å². The van der Waals surface area contributed by atoms with Crippen LogP contribution in [0.2, 0.25) is 0 Å². The van der Waals surface area contributed by atoms with E-state index in [9.17, 15) is 13.2 Å². The minimum absolute atomic E-state index is 0.00782. The summed E-state index contributed by atoms with van der Waals surface area (Å²) in [5.74, 6) is 0.00782. The van der Waals surface area contributed by atoms with Crippen molar-refractivity contribution in [3.63, 3.8) is 0 Å². The van der Waals surface area contributed by atoms with Crippen molar-refractivity contribution in [3.8, 4) is 0 Å². The van der Waals surface area contributed by atoms with Crippen LogP contribution in [-0.4, -0.2) is 61.7 Å². The SMILES string of the molecule is CNC(=O)C[C@H]1CC[C@@H](CNS(=O)(=O)c2cc(C)nn2C)N1C. The first-order chi connectivity index (χ1) is 10.7. The van der Waals surface area contributed by atoms with Gasteiger partial charge < -0.3 is 5.32 Å². The quantitative estimate of drug-likeness (QED) is 0.733. The number of likely N-dealkylation sites (N-methyl/N-ethyl adjacent to an activating group) is 1. The third kappa shape index (κ3) is 4.10. The first-order valence-electron chi connectivity index (χ1n) is 7.67. The fourth-order valence-electron chi connectivity index (χ4n) is 3.02. The van der Waals surface area contributed by atoms with E-state index in [2.05, 4.69) is 20.0 Å². The van der Waals surface area contributed by atoms with Gasteiger partial charge in [0, 0.05) is 39.1 Å². The van der Waals surface area contributed by atoms with E-state index in [1.807, 2.05) is 7.05 Å². The molecule has 0 saturated carbocycles. The molecule has 1 aliphatic heterocycles. The third-order valence-corrected chi connectivity index (χ3v) is 5.91. The van der Waals surface area contributed by atoms with Crippen LogP contribution < -0.4 is 10.0 Å². The molecule has 0 spiro atoms. The number of aromatic nitrogens is 2. The minimum atomic E-state index is -3.58. The summed E-state index contributed by atoms with van der Waals surface area (Å²) in [6.45, 7) is 2.08. The molecule has 1 aliphatic rings. The fraction of sp³-hybridized carbons (Fsp3) is 0.714. The fourth-order valence-corrected chi connectivity index (χ4v) is 4.29. The smallest absolute Gasteiger partial charge is 0.257 e. The summed E-state index contributed by atoms with van der Waals surface area (Å²) in [7, 11) is 1.59. The van der Waals surface area contributed by atoms with Gasteiger partial charge in [0.15, 0.2) is 5.03 Å². The van der Waals surface area contributed by atoms with Crippen molar-refractivity contribution < 1.29 is 13.2 Å². The second-order valence-corrected chi connectivity index (χ2v) is 7.74. The number of nitrogens with one attached hydrogen (secondary N) is 2. The summed E-state index contributed by atoms with van der Waals surface area (Å²) < 4.78 is 28.8. The maximum atomic E-state index is 12.4. The molecule has 2 N–H and O–H groups in total. The van der Waals surface area contributed by atoms with Gasteiger partial charge in [-0.2, -0.15) is 5.10 Å². The Kier molecular flexibility index (Phi) is 5.43. The van der Waals surface area contributed by atoms with Crippen molar-refractivity contribution in [1.29, 1.82) is 0 Å². The molecule has 1 fully saturated rings. The minimum Gasteiger partial charge on any atom is -0.359 e. The van der Waals surface area contributed by atoms with E-state index in [1.165, 1.54) is 4.68 Å². The van der Waals surface area contributed by atoms with Crippen LogP contribution >= 0.6 is 0 Å². The molecule has 130 valence electrons. The third-order valence-electron chi connectivity index (χ3n) is 4.43. The lowest BCUT2D eigenvalue weighted by molar-refractivity contribution is -0.121. The number of likely N-dealkylation sites (tertiary alicyclic amines) is 1. The topological polar surface area (TPSA) is 96.3 Å². The first-order valence-corrected chi connectivity index (χ1v) is 9.15. The van der Waals surface area contributed by atoms with Crippen LogP contribution in [0.4, 0.5) is 0 Å². The zero-order valence-electron chi connectivity index (χ0n) is 14.0. The highest BCUT2D eigenvalue weighted by Crippen LogP contribution is 2.24. The van der Waals surface area contributed by atoms with Crippen LogP contribution in [0.5, 0.6) is 0 Å². The Labute approximate surface area is 137 Å². The lowest BCUT2D eigenvalue weighted by Gasteiger charge is -2.25. The van der Waals surface area contributed by atoms with Gasteiger partial charge in [0.1, 0.15) is 0 Å². The largest absolute Gasteiger partial charge is 0.359 e. The van der Waals surface area contributed by atoms with Crippen LogP contribution in [0.25, 0.3) is 0 Å². The van der Waals surface area contributed by atoms with Crippen molar-refractivity contribution in [2.45, 2.75) is 43.3 Å². The standard InChI is InChI=1S/C14H25N5O3S/c1-10-7-14(19(4)17-10)23(21,22)16-9-12-6-5-11(18(12)3)8-13(20)15-2/h7,11-12,16H,5-6,8-9H2,1-4H3,(H,15,20)/t11-,12+/m1/s1. The maximum Gasteiger partial charge on any atom is 0.257 e. The van der Waals surface area contributed by atoms with E-state index in [4.69, 9.17) is 0 Å².